The Morgan fingerprint density at radius 3 is 2.54 bits per heavy atom. The van der Waals surface area contributed by atoms with Crippen LogP contribution >= 0.6 is 11.6 Å². The van der Waals surface area contributed by atoms with Gasteiger partial charge in [-0.25, -0.2) is 9.78 Å². The number of nitrogens with one attached hydrogen (secondary N) is 1. The van der Waals surface area contributed by atoms with Crippen LogP contribution in [0.3, 0.4) is 0 Å². The van der Waals surface area contributed by atoms with Crippen molar-refractivity contribution in [1.82, 2.24) is 4.98 Å². The number of fused-ring (bicyclic) bond motifs is 1. The van der Waals surface area contributed by atoms with Crippen LogP contribution in [0.4, 0.5) is 14.5 Å². The number of ether oxygens (including phenoxy) is 2. The van der Waals surface area contributed by atoms with E-state index < -0.39 is 25.1 Å². The predicted octanol–water partition coefficient (Wildman–Crippen LogP) is 4.29. The van der Waals surface area contributed by atoms with Crippen LogP contribution in [0.15, 0.2) is 54.6 Å². The Balaban J connectivity index is 1.55. The molecule has 0 atom stereocenters. The molecule has 9 heteroatoms. The Morgan fingerprint density at radius 1 is 1.07 bits per heavy atom. The van der Waals surface area contributed by atoms with E-state index in [1.165, 1.54) is 30.3 Å². The molecule has 1 amide bonds. The first kappa shape index (κ1) is 19.5. The summed E-state index contributed by atoms with van der Waals surface area (Å²) < 4.78 is 33.4. The Morgan fingerprint density at radius 2 is 1.82 bits per heavy atom. The van der Waals surface area contributed by atoms with Gasteiger partial charge in [0.25, 0.3) is 5.91 Å². The summed E-state index contributed by atoms with van der Waals surface area (Å²) in [5.74, 6) is -1.29. The van der Waals surface area contributed by atoms with E-state index in [0.717, 1.165) is 0 Å². The van der Waals surface area contributed by atoms with Gasteiger partial charge in [-0.3, -0.25) is 4.79 Å². The van der Waals surface area contributed by atoms with Crippen LogP contribution in [-0.2, 0) is 9.53 Å². The smallest absolute Gasteiger partial charge is 0.387 e. The van der Waals surface area contributed by atoms with Crippen molar-refractivity contribution in [3.8, 4) is 5.75 Å². The minimum absolute atomic E-state index is 0.0356. The average Bonchev–Trinajstić information content (AvgIpc) is 2.67. The summed E-state index contributed by atoms with van der Waals surface area (Å²) in [5, 5.41) is 3.53. The quantitative estimate of drug-likeness (QED) is 0.488. The number of nitrogens with zero attached hydrogens (tertiary/aromatic N) is 1. The van der Waals surface area contributed by atoms with Crippen LogP contribution in [-0.4, -0.2) is 30.1 Å². The monoisotopic (exact) mass is 406 g/mol. The van der Waals surface area contributed by atoms with Crippen molar-refractivity contribution < 1.29 is 27.8 Å². The first-order chi connectivity index (χ1) is 13.4. The number of halogens is 3. The number of carbonyl (C=O) groups excluding carboxylic acids is 2. The lowest BCUT2D eigenvalue weighted by Crippen LogP contribution is -2.20. The Hall–Kier alpha value is -3.26. The molecule has 0 spiro atoms. The fourth-order valence-electron chi connectivity index (χ4n) is 2.36. The summed E-state index contributed by atoms with van der Waals surface area (Å²) >= 11 is 5.82. The number of anilines is 1. The molecule has 0 bridgehead atoms. The van der Waals surface area contributed by atoms with Crippen molar-refractivity contribution in [2.24, 2.45) is 0 Å². The van der Waals surface area contributed by atoms with Crippen LogP contribution in [0.2, 0.25) is 5.15 Å². The fraction of sp³-hybridized carbons (Fsp3) is 0.105. The number of alkyl halides is 2. The fourth-order valence-corrected chi connectivity index (χ4v) is 2.51. The Kier molecular flexibility index (Phi) is 6.00. The molecule has 0 aliphatic heterocycles. The number of esters is 1. The van der Waals surface area contributed by atoms with Crippen LogP contribution in [0.1, 0.15) is 10.4 Å². The molecule has 0 unspecified atom stereocenters. The molecule has 1 heterocycles. The molecule has 3 aromatic rings. The zero-order valence-electron chi connectivity index (χ0n) is 14.2. The molecule has 0 saturated carbocycles. The van der Waals surface area contributed by atoms with E-state index in [0.29, 0.717) is 21.7 Å². The molecule has 0 aliphatic rings. The lowest BCUT2D eigenvalue weighted by atomic mass is 10.1. The van der Waals surface area contributed by atoms with E-state index >= 15 is 0 Å². The lowest BCUT2D eigenvalue weighted by Gasteiger charge is -2.08. The summed E-state index contributed by atoms with van der Waals surface area (Å²) in [7, 11) is 0. The zero-order valence-corrected chi connectivity index (χ0v) is 15.0. The van der Waals surface area contributed by atoms with Gasteiger partial charge in [-0.1, -0.05) is 11.6 Å². The normalized spacial score (nSPS) is 10.7. The van der Waals surface area contributed by atoms with Gasteiger partial charge in [0.1, 0.15) is 10.9 Å². The van der Waals surface area contributed by atoms with Crippen molar-refractivity contribution in [3.63, 3.8) is 0 Å². The van der Waals surface area contributed by atoms with Gasteiger partial charge in [0, 0.05) is 11.1 Å². The molecular formula is C19H13ClF2N2O4. The first-order valence-corrected chi connectivity index (χ1v) is 8.37. The molecule has 3 rings (SSSR count). The SMILES string of the molecule is O=C(COC(=O)c1ccc2nc(Cl)ccc2c1)Nc1ccc(OC(F)F)cc1. The van der Waals surface area contributed by atoms with E-state index in [1.54, 1.807) is 24.3 Å². The van der Waals surface area contributed by atoms with Crippen LogP contribution in [0, 0.1) is 0 Å². The third-order valence-corrected chi connectivity index (χ3v) is 3.80. The largest absolute Gasteiger partial charge is 0.452 e. The van der Waals surface area contributed by atoms with Gasteiger partial charge in [-0.05, 0) is 54.6 Å². The molecule has 2 aromatic carbocycles. The molecule has 0 aliphatic carbocycles. The molecule has 28 heavy (non-hydrogen) atoms. The minimum Gasteiger partial charge on any atom is -0.452 e. The Bertz CT molecular complexity index is 1010. The highest BCUT2D eigenvalue weighted by Crippen LogP contribution is 2.19. The predicted molar refractivity (Wildman–Crippen MR) is 98.7 cm³/mol. The Labute approximate surface area is 163 Å². The highest BCUT2D eigenvalue weighted by molar-refractivity contribution is 6.29. The maximum absolute atomic E-state index is 12.1. The lowest BCUT2D eigenvalue weighted by molar-refractivity contribution is -0.119. The van der Waals surface area contributed by atoms with Crippen LogP contribution in [0.25, 0.3) is 10.9 Å². The van der Waals surface area contributed by atoms with Gasteiger partial charge in [-0.15, -0.1) is 0 Å². The second kappa shape index (κ2) is 8.62. The maximum atomic E-state index is 12.1. The van der Waals surface area contributed by atoms with Crippen molar-refractivity contribution in [3.05, 3.63) is 65.3 Å². The first-order valence-electron chi connectivity index (χ1n) is 7.99. The number of carbonyl (C=O) groups is 2. The summed E-state index contributed by atoms with van der Waals surface area (Å²) in [6.45, 7) is -3.44. The average molecular weight is 407 g/mol. The topological polar surface area (TPSA) is 77.5 Å². The molecular weight excluding hydrogens is 394 g/mol. The van der Waals surface area contributed by atoms with Crippen molar-refractivity contribution >= 4 is 40.1 Å². The number of benzene rings is 2. The summed E-state index contributed by atoms with van der Waals surface area (Å²) in [6, 6.07) is 13.4. The van der Waals surface area contributed by atoms with Crippen molar-refractivity contribution in [1.29, 1.82) is 0 Å². The molecule has 144 valence electrons. The number of pyridine rings is 1. The number of hydrogen-bond donors (Lipinski definition) is 1. The van der Waals surface area contributed by atoms with Gasteiger partial charge < -0.3 is 14.8 Å². The van der Waals surface area contributed by atoms with Crippen LogP contribution < -0.4 is 10.1 Å². The summed E-state index contributed by atoms with van der Waals surface area (Å²) in [5.41, 5.74) is 1.23. The van der Waals surface area contributed by atoms with E-state index in [-0.39, 0.29) is 11.3 Å². The van der Waals surface area contributed by atoms with Gasteiger partial charge in [0.05, 0.1) is 11.1 Å². The number of rotatable bonds is 6. The van der Waals surface area contributed by atoms with E-state index in [1.807, 2.05) is 0 Å². The summed E-state index contributed by atoms with van der Waals surface area (Å²) in [4.78, 5) is 28.1. The minimum atomic E-state index is -2.93. The molecule has 1 N–H and O–H groups in total. The van der Waals surface area contributed by atoms with Gasteiger partial charge in [0.15, 0.2) is 6.61 Å². The van der Waals surface area contributed by atoms with Crippen LogP contribution in [0.5, 0.6) is 5.75 Å². The molecule has 0 radical (unpaired) electrons. The molecule has 1 aromatic heterocycles. The van der Waals surface area contributed by atoms with Crippen molar-refractivity contribution in [2.45, 2.75) is 6.61 Å². The number of amides is 1. The maximum Gasteiger partial charge on any atom is 0.387 e. The number of hydrogen-bond acceptors (Lipinski definition) is 5. The number of aromatic nitrogens is 1. The summed E-state index contributed by atoms with van der Waals surface area (Å²) in [6.07, 6.45) is 0. The van der Waals surface area contributed by atoms with E-state index in [9.17, 15) is 18.4 Å². The highest BCUT2D eigenvalue weighted by Gasteiger charge is 2.12. The van der Waals surface area contributed by atoms with E-state index in [2.05, 4.69) is 15.0 Å². The van der Waals surface area contributed by atoms with Gasteiger partial charge >= 0.3 is 12.6 Å². The van der Waals surface area contributed by atoms with Gasteiger partial charge in [-0.2, -0.15) is 8.78 Å². The molecule has 0 saturated heterocycles. The standard InChI is InChI=1S/C19H13ClF2N2O4/c20-16-8-2-11-9-12(1-7-15(11)24-16)18(26)27-10-17(25)23-13-3-5-14(6-4-13)28-19(21)22/h1-9,19H,10H2,(H,23,25). The third kappa shape index (κ3) is 5.14. The highest BCUT2D eigenvalue weighted by atomic mass is 35.5. The zero-order chi connectivity index (χ0) is 20.1. The second-order valence-corrected chi connectivity index (χ2v) is 5.96. The van der Waals surface area contributed by atoms with Crippen molar-refractivity contribution in [2.75, 3.05) is 11.9 Å². The third-order valence-electron chi connectivity index (χ3n) is 3.59. The molecule has 6 nitrogen and oxygen atoms in total. The second-order valence-electron chi connectivity index (χ2n) is 5.57. The van der Waals surface area contributed by atoms with Gasteiger partial charge in [0.2, 0.25) is 0 Å². The van der Waals surface area contributed by atoms with E-state index in [4.69, 9.17) is 16.3 Å². The molecule has 0 fully saturated rings.